The number of amides is 2. The van der Waals surface area contributed by atoms with Gasteiger partial charge in [0.25, 0.3) is 0 Å². The highest BCUT2D eigenvalue weighted by molar-refractivity contribution is 9.12. The zero-order chi connectivity index (χ0) is 27.6. The van der Waals surface area contributed by atoms with Crippen LogP contribution in [0.4, 0.5) is 5.69 Å². The summed E-state index contributed by atoms with van der Waals surface area (Å²) >= 11 is 3.22. The van der Waals surface area contributed by atoms with Gasteiger partial charge in [-0.05, 0) is 46.8 Å². The Hall–Kier alpha value is -3.98. The fourth-order valence-corrected chi connectivity index (χ4v) is 6.98. The van der Waals surface area contributed by atoms with Crippen molar-refractivity contribution < 1.29 is 33.8 Å². The van der Waals surface area contributed by atoms with E-state index in [1.807, 2.05) is 12.1 Å². The van der Waals surface area contributed by atoms with Crippen molar-refractivity contribution in [1.82, 2.24) is 0 Å². The van der Waals surface area contributed by atoms with Gasteiger partial charge in [0.1, 0.15) is 17.2 Å². The lowest BCUT2D eigenvalue weighted by molar-refractivity contribution is -0.123. The van der Waals surface area contributed by atoms with Crippen molar-refractivity contribution >= 4 is 45.0 Å². The maximum Gasteiger partial charge on any atom is 0.238 e. The lowest BCUT2D eigenvalue weighted by Gasteiger charge is -2.42. The number of aromatic hydroxyl groups is 1. The minimum atomic E-state index is -0.845. The van der Waals surface area contributed by atoms with Gasteiger partial charge < -0.3 is 14.6 Å². The molecule has 1 heterocycles. The molecule has 0 saturated carbocycles. The number of halogens is 1. The molecule has 0 aromatic heterocycles. The highest BCUT2D eigenvalue weighted by Gasteiger charge is 2.57. The van der Waals surface area contributed by atoms with E-state index in [1.165, 1.54) is 31.3 Å². The van der Waals surface area contributed by atoms with Crippen LogP contribution in [0.1, 0.15) is 24.3 Å². The van der Waals surface area contributed by atoms with Crippen LogP contribution in [-0.2, 0) is 19.2 Å². The number of benzene rings is 2. The summed E-state index contributed by atoms with van der Waals surface area (Å²) < 4.78 is 11.0. The van der Waals surface area contributed by atoms with Gasteiger partial charge in [-0.3, -0.25) is 24.1 Å². The number of fused-ring (bicyclic) bond motifs is 3. The molecule has 3 aliphatic carbocycles. The Morgan fingerprint density at radius 1 is 0.974 bits per heavy atom. The minimum Gasteiger partial charge on any atom is -0.507 e. The lowest BCUT2D eigenvalue weighted by Crippen LogP contribution is -2.39. The van der Waals surface area contributed by atoms with Gasteiger partial charge in [-0.15, -0.1) is 0 Å². The Balaban J connectivity index is 1.54. The number of rotatable bonds is 4. The SMILES string of the molecule is COc1cc(O)c([C@H]2C3=CC[C@@H]4C(=O)N(c5ccccc5)C(=O)[C@@H]4[C@@H]3CC3=C2C(=O)C=C(Br)C3=O)c(OC)c1. The summed E-state index contributed by atoms with van der Waals surface area (Å²) in [6.45, 7) is 0. The number of carbonyl (C=O) groups excluding carboxylic acids is 4. The zero-order valence-corrected chi connectivity index (χ0v) is 22.7. The van der Waals surface area contributed by atoms with E-state index in [9.17, 15) is 24.3 Å². The molecule has 0 radical (unpaired) electrons. The summed E-state index contributed by atoms with van der Waals surface area (Å²) in [6.07, 6.45) is 3.57. The molecule has 4 atom stereocenters. The summed E-state index contributed by atoms with van der Waals surface area (Å²) in [5, 5.41) is 11.2. The molecule has 1 aliphatic heterocycles. The van der Waals surface area contributed by atoms with Crippen LogP contribution < -0.4 is 14.4 Å². The highest BCUT2D eigenvalue weighted by atomic mass is 79.9. The average molecular weight is 590 g/mol. The van der Waals surface area contributed by atoms with E-state index < -0.39 is 23.7 Å². The predicted octanol–water partition coefficient (Wildman–Crippen LogP) is 4.38. The topological polar surface area (TPSA) is 110 Å². The molecular formula is C30H24BrNO7. The van der Waals surface area contributed by atoms with Crippen molar-refractivity contribution in [1.29, 1.82) is 0 Å². The normalized spacial score (nSPS) is 26.1. The molecule has 39 heavy (non-hydrogen) atoms. The number of allylic oxidation sites excluding steroid dienone is 6. The van der Waals surface area contributed by atoms with Crippen molar-refractivity contribution in [2.75, 3.05) is 19.1 Å². The van der Waals surface area contributed by atoms with E-state index in [-0.39, 0.29) is 56.9 Å². The highest BCUT2D eigenvalue weighted by Crippen LogP contribution is 2.58. The first-order chi connectivity index (χ1) is 18.8. The van der Waals surface area contributed by atoms with Crippen LogP contribution in [0, 0.1) is 17.8 Å². The van der Waals surface area contributed by atoms with Crippen LogP contribution in [0.3, 0.4) is 0 Å². The summed E-state index contributed by atoms with van der Waals surface area (Å²) in [6, 6.07) is 11.8. The molecule has 9 heteroatoms. The van der Waals surface area contributed by atoms with Crippen molar-refractivity contribution in [3.8, 4) is 17.2 Å². The molecule has 0 unspecified atom stereocenters. The van der Waals surface area contributed by atoms with E-state index in [2.05, 4.69) is 15.9 Å². The molecule has 2 amide bonds. The minimum absolute atomic E-state index is 0.132. The monoisotopic (exact) mass is 589 g/mol. The third kappa shape index (κ3) is 3.71. The summed E-state index contributed by atoms with van der Waals surface area (Å²) in [5.74, 6) is -3.52. The standard InChI is InChI=1S/C30H24BrNO7/c1-38-15-10-21(33)27(23(11-15)39-2)26-16-8-9-17-24(30(37)32(29(17)36)14-6-4-3-5-7-14)18(16)12-19-25(26)22(34)13-20(31)28(19)35/h3-8,10-11,13,17-18,24,26,33H,9,12H2,1-2H3/t17-,18+,24-,26-/m0/s1. The Bertz CT molecular complexity index is 1550. The number of Topliss-reactive ketones (excluding diaryl/α,β-unsaturated/α-hetero) is 1. The molecule has 1 saturated heterocycles. The maximum absolute atomic E-state index is 13.9. The second kappa shape index (κ2) is 9.34. The van der Waals surface area contributed by atoms with Crippen molar-refractivity contribution in [2.45, 2.75) is 18.8 Å². The molecule has 198 valence electrons. The van der Waals surface area contributed by atoms with Gasteiger partial charge in [-0.2, -0.15) is 0 Å². The molecular weight excluding hydrogens is 566 g/mol. The van der Waals surface area contributed by atoms with Crippen molar-refractivity contribution in [3.05, 3.63) is 81.4 Å². The van der Waals surface area contributed by atoms with Gasteiger partial charge in [-0.1, -0.05) is 29.8 Å². The number of phenols is 1. The molecule has 2 aromatic rings. The summed E-state index contributed by atoms with van der Waals surface area (Å²) in [5.41, 5.74) is 2.05. The lowest BCUT2D eigenvalue weighted by atomic mass is 9.59. The molecule has 0 bridgehead atoms. The molecule has 8 nitrogen and oxygen atoms in total. The van der Waals surface area contributed by atoms with Crippen molar-refractivity contribution in [3.63, 3.8) is 0 Å². The number of methoxy groups -OCH3 is 2. The zero-order valence-electron chi connectivity index (χ0n) is 21.1. The first-order valence-electron chi connectivity index (χ1n) is 12.5. The quantitative estimate of drug-likeness (QED) is 0.320. The van der Waals surface area contributed by atoms with E-state index in [1.54, 1.807) is 30.3 Å². The first kappa shape index (κ1) is 25.3. The molecule has 0 spiro atoms. The third-order valence-corrected chi connectivity index (χ3v) is 8.77. The molecule has 1 fully saturated rings. The van der Waals surface area contributed by atoms with E-state index in [0.29, 0.717) is 23.4 Å². The number of hydrogen-bond acceptors (Lipinski definition) is 7. The summed E-state index contributed by atoms with van der Waals surface area (Å²) in [7, 11) is 2.90. The number of ketones is 2. The maximum atomic E-state index is 13.9. The number of ether oxygens (including phenoxy) is 2. The fraction of sp³-hybridized carbons (Fsp3) is 0.267. The number of anilines is 1. The van der Waals surface area contributed by atoms with Gasteiger partial charge >= 0.3 is 0 Å². The molecule has 6 rings (SSSR count). The second-order valence-electron chi connectivity index (χ2n) is 10.0. The van der Waals surface area contributed by atoms with Gasteiger partial charge in [0.15, 0.2) is 11.6 Å². The number of hydrogen-bond donors (Lipinski definition) is 1. The van der Waals surface area contributed by atoms with Gasteiger partial charge in [0, 0.05) is 40.8 Å². The van der Waals surface area contributed by atoms with Gasteiger partial charge in [0.05, 0.1) is 36.2 Å². The van der Waals surface area contributed by atoms with Crippen LogP contribution in [-0.4, -0.2) is 42.7 Å². The predicted molar refractivity (Wildman–Crippen MR) is 145 cm³/mol. The fourth-order valence-electron chi connectivity index (χ4n) is 6.53. The number of para-hydroxylation sites is 1. The van der Waals surface area contributed by atoms with E-state index >= 15 is 0 Å². The molecule has 1 N–H and O–H groups in total. The van der Waals surface area contributed by atoms with E-state index in [0.717, 1.165) is 5.57 Å². The summed E-state index contributed by atoms with van der Waals surface area (Å²) in [4.78, 5) is 55.5. The molecule has 4 aliphatic rings. The third-order valence-electron chi connectivity index (χ3n) is 8.18. The average Bonchev–Trinajstić information content (AvgIpc) is 3.20. The van der Waals surface area contributed by atoms with Gasteiger partial charge in [0.2, 0.25) is 11.8 Å². The largest absolute Gasteiger partial charge is 0.507 e. The van der Waals surface area contributed by atoms with Crippen LogP contribution in [0.2, 0.25) is 0 Å². The van der Waals surface area contributed by atoms with Crippen LogP contribution in [0.5, 0.6) is 17.2 Å². The van der Waals surface area contributed by atoms with Crippen LogP contribution >= 0.6 is 15.9 Å². The van der Waals surface area contributed by atoms with E-state index in [4.69, 9.17) is 9.47 Å². The van der Waals surface area contributed by atoms with Crippen LogP contribution in [0.25, 0.3) is 0 Å². The number of carbonyl (C=O) groups is 4. The number of imide groups is 1. The number of nitrogens with zero attached hydrogens (tertiary/aromatic N) is 1. The Kier molecular flexibility index (Phi) is 6.06. The second-order valence-corrected chi connectivity index (χ2v) is 10.9. The molecule has 2 aromatic carbocycles. The number of phenolic OH excluding ortho intramolecular Hbond substituents is 1. The Morgan fingerprint density at radius 3 is 2.41 bits per heavy atom. The Morgan fingerprint density at radius 2 is 1.72 bits per heavy atom. The smallest absolute Gasteiger partial charge is 0.238 e. The van der Waals surface area contributed by atoms with Gasteiger partial charge in [-0.25, -0.2) is 0 Å². The van der Waals surface area contributed by atoms with Crippen molar-refractivity contribution in [2.24, 2.45) is 17.8 Å². The first-order valence-corrected chi connectivity index (χ1v) is 13.3. The van der Waals surface area contributed by atoms with Crippen LogP contribution in [0.15, 0.2) is 75.8 Å². The Labute approximate surface area is 232 Å².